The Morgan fingerprint density at radius 2 is 1.77 bits per heavy atom. The van der Waals surface area contributed by atoms with Gasteiger partial charge in [0.2, 0.25) is 17.6 Å². The van der Waals surface area contributed by atoms with Crippen molar-refractivity contribution in [2.75, 3.05) is 19.0 Å². The number of rotatable bonds is 13. The van der Waals surface area contributed by atoms with Gasteiger partial charge in [-0.15, -0.1) is 18.2 Å². The SMILES string of the molecule is C=CCNC(=O)C(=O)C(CCCCl)NC(=O)C1C2C(CN1C(=O)C(NC(=O)OC1CC(C)CC1C)C1CCCCC1)C2(C)C. The first kappa shape index (κ1) is 34.3. The van der Waals surface area contributed by atoms with Gasteiger partial charge in [0.25, 0.3) is 5.91 Å². The number of ether oxygens (including phenoxy) is 1. The van der Waals surface area contributed by atoms with E-state index in [1.807, 2.05) is 0 Å². The second-order valence-electron chi connectivity index (χ2n) is 14.2. The van der Waals surface area contributed by atoms with Gasteiger partial charge in [0.1, 0.15) is 18.2 Å². The van der Waals surface area contributed by atoms with E-state index in [1.54, 1.807) is 4.90 Å². The quantitative estimate of drug-likeness (QED) is 0.160. The summed E-state index contributed by atoms with van der Waals surface area (Å²) in [5, 5.41) is 8.23. The summed E-state index contributed by atoms with van der Waals surface area (Å²) in [6, 6.07) is -2.68. The fraction of sp³-hybridized carbons (Fsp3) is 0.788. The van der Waals surface area contributed by atoms with Gasteiger partial charge in [-0.3, -0.25) is 19.2 Å². The second-order valence-corrected chi connectivity index (χ2v) is 14.5. The molecule has 4 amide bonds. The number of fused-ring (bicyclic) bond motifs is 1. The van der Waals surface area contributed by atoms with E-state index in [4.69, 9.17) is 16.3 Å². The molecule has 4 aliphatic rings. The molecular weight excluding hydrogens is 584 g/mol. The molecule has 44 heavy (non-hydrogen) atoms. The second kappa shape index (κ2) is 14.6. The van der Waals surface area contributed by atoms with E-state index in [2.05, 4.69) is 50.2 Å². The first-order valence-corrected chi connectivity index (χ1v) is 17.0. The van der Waals surface area contributed by atoms with Gasteiger partial charge in [0.05, 0.1) is 6.04 Å². The molecule has 246 valence electrons. The highest BCUT2D eigenvalue weighted by Crippen LogP contribution is 2.65. The van der Waals surface area contributed by atoms with Crippen molar-refractivity contribution in [2.45, 2.75) is 110 Å². The number of Topliss-reactive ketones (excluding diaryl/α,β-unsaturated/α-hetero) is 1. The summed E-state index contributed by atoms with van der Waals surface area (Å²) in [4.78, 5) is 68.6. The maximum Gasteiger partial charge on any atom is 0.408 e. The maximum atomic E-state index is 14.4. The molecule has 1 aliphatic heterocycles. The Kier molecular flexibility index (Phi) is 11.4. The van der Waals surface area contributed by atoms with Gasteiger partial charge in [-0.1, -0.05) is 53.0 Å². The molecule has 0 radical (unpaired) electrons. The number of carbonyl (C=O) groups is 5. The highest BCUT2D eigenvalue weighted by atomic mass is 35.5. The molecule has 10 nitrogen and oxygen atoms in total. The summed E-state index contributed by atoms with van der Waals surface area (Å²) in [5.41, 5.74) is -0.155. The number of likely N-dealkylation sites (tertiary alicyclic amines) is 1. The van der Waals surface area contributed by atoms with Crippen LogP contribution in [0, 0.1) is 35.0 Å². The van der Waals surface area contributed by atoms with Gasteiger partial charge in [-0.25, -0.2) is 4.79 Å². The average molecular weight is 635 g/mol. The van der Waals surface area contributed by atoms with Gasteiger partial charge in [-0.2, -0.15) is 0 Å². The zero-order chi connectivity index (χ0) is 32.2. The van der Waals surface area contributed by atoms with Gasteiger partial charge in [0, 0.05) is 19.0 Å². The molecule has 4 fully saturated rings. The van der Waals surface area contributed by atoms with Gasteiger partial charge < -0.3 is 25.6 Å². The highest BCUT2D eigenvalue weighted by Gasteiger charge is 2.69. The molecule has 3 saturated carbocycles. The van der Waals surface area contributed by atoms with Crippen LogP contribution < -0.4 is 16.0 Å². The van der Waals surface area contributed by atoms with Crippen LogP contribution in [0.3, 0.4) is 0 Å². The lowest BCUT2D eigenvalue weighted by Crippen LogP contribution is -2.59. The number of piperidine rings is 1. The molecule has 0 aromatic rings. The van der Waals surface area contributed by atoms with E-state index in [0.29, 0.717) is 18.9 Å². The molecule has 3 aliphatic carbocycles. The van der Waals surface area contributed by atoms with E-state index < -0.39 is 41.8 Å². The molecule has 0 aromatic heterocycles. The third-order valence-corrected chi connectivity index (χ3v) is 10.9. The van der Waals surface area contributed by atoms with Crippen LogP contribution in [0.1, 0.15) is 85.5 Å². The van der Waals surface area contributed by atoms with Crippen molar-refractivity contribution in [2.24, 2.45) is 35.0 Å². The molecule has 0 aromatic carbocycles. The average Bonchev–Trinajstić information content (AvgIpc) is 3.27. The van der Waals surface area contributed by atoms with Gasteiger partial charge in [0.15, 0.2) is 0 Å². The minimum absolute atomic E-state index is 0.0519. The molecule has 8 unspecified atom stereocenters. The molecule has 0 spiro atoms. The highest BCUT2D eigenvalue weighted by molar-refractivity contribution is 6.38. The van der Waals surface area contributed by atoms with Crippen LogP contribution in [0.2, 0.25) is 0 Å². The van der Waals surface area contributed by atoms with Gasteiger partial charge in [-0.05, 0) is 73.5 Å². The number of hydrogen-bond donors (Lipinski definition) is 3. The number of amides is 4. The maximum absolute atomic E-state index is 14.4. The van der Waals surface area contributed by atoms with Crippen LogP contribution in [-0.4, -0.2) is 77.7 Å². The van der Waals surface area contributed by atoms with Crippen molar-refractivity contribution >= 4 is 41.2 Å². The van der Waals surface area contributed by atoms with Crippen LogP contribution in [0.5, 0.6) is 0 Å². The lowest BCUT2D eigenvalue weighted by molar-refractivity contribution is -0.145. The molecule has 11 heteroatoms. The lowest BCUT2D eigenvalue weighted by atomic mass is 9.83. The Balaban J connectivity index is 1.53. The number of ketones is 1. The fourth-order valence-electron chi connectivity index (χ4n) is 8.03. The first-order valence-electron chi connectivity index (χ1n) is 16.5. The van der Waals surface area contributed by atoms with Crippen LogP contribution in [0.15, 0.2) is 12.7 Å². The molecule has 1 saturated heterocycles. The molecule has 4 rings (SSSR count). The summed E-state index contributed by atoms with van der Waals surface area (Å²) in [6.45, 7) is 12.5. The Morgan fingerprint density at radius 1 is 1.07 bits per heavy atom. The fourth-order valence-corrected chi connectivity index (χ4v) is 8.19. The largest absolute Gasteiger partial charge is 0.446 e. The van der Waals surface area contributed by atoms with Crippen molar-refractivity contribution in [3.8, 4) is 0 Å². The summed E-state index contributed by atoms with van der Waals surface area (Å²) in [6.07, 6.45) is 7.79. The summed E-state index contributed by atoms with van der Waals surface area (Å²) < 4.78 is 5.84. The number of alkyl halides is 1. The smallest absolute Gasteiger partial charge is 0.408 e. The first-order chi connectivity index (χ1) is 20.9. The Hall–Kier alpha value is -2.62. The summed E-state index contributed by atoms with van der Waals surface area (Å²) in [7, 11) is 0. The van der Waals surface area contributed by atoms with Crippen molar-refractivity contribution in [3.05, 3.63) is 12.7 Å². The third-order valence-electron chi connectivity index (χ3n) is 10.6. The topological polar surface area (TPSA) is 134 Å². The molecule has 0 bridgehead atoms. The zero-order valence-electron chi connectivity index (χ0n) is 26.7. The Labute approximate surface area is 266 Å². The summed E-state index contributed by atoms with van der Waals surface area (Å²) in [5.74, 6) is -1.32. The number of alkyl carbamates (subject to hydrolysis) is 1. The lowest BCUT2D eigenvalue weighted by Gasteiger charge is -2.37. The number of halogens is 1. The predicted molar refractivity (Wildman–Crippen MR) is 168 cm³/mol. The van der Waals surface area contributed by atoms with Crippen molar-refractivity contribution in [1.29, 1.82) is 0 Å². The molecule has 1 heterocycles. The van der Waals surface area contributed by atoms with Crippen LogP contribution in [0.4, 0.5) is 4.79 Å². The van der Waals surface area contributed by atoms with E-state index in [-0.39, 0.29) is 59.9 Å². The normalized spacial score (nSPS) is 30.4. The van der Waals surface area contributed by atoms with Gasteiger partial charge >= 0.3 is 6.09 Å². The van der Waals surface area contributed by atoms with E-state index in [0.717, 1.165) is 44.9 Å². The number of nitrogens with one attached hydrogen (secondary N) is 3. The standard InChI is InChI=1S/C33H51ClN4O6/c1-6-15-35-30(41)28(39)23(13-10-14-34)36-29(40)27-25-22(33(25,4)5)18-38(27)31(42)26(21-11-8-7-9-12-21)37-32(43)44-24-17-19(2)16-20(24)3/h6,19-27H,1,7-18H2,2-5H3,(H,35,41)(H,36,40)(H,37,43). The van der Waals surface area contributed by atoms with E-state index in [1.165, 1.54) is 6.08 Å². The van der Waals surface area contributed by atoms with E-state index >= 15 is 0 Å². The minimum Gasteiger partial charge on any atom is -0.446 e. The minimum atomic E-state index is -1.07. The zero-order valence-corrected chi connectivity index (χ0v) is 27.5. The molecule has 8 atom stereocenters. The number of nitrogens with zero attached hydrogens (tertiary/aromatic N) is 1. The van der Waals surface area contributed by atoms with Crippen molar-refractivity contribution in [3.63, 3.8) is 0 Å². The van der Waals surface area contributed by atoms with Crippen LogP contribution in [0.25, 0.3) is 0 Å². The summed E-state index contributed by atoms with van der Waals surface area (Å²) >= 11 is 5.89. The van der Waals surface area contributed by atoms with Crippen molar-refractivity contribution in [1.82, 2.24) is 20.9 Å². The molecular formula is C33H51ClN4O6. The van der Waals surface area contributed by atoms with Crippen molar-refractivity contribution < 1.29 is 28.7 Å². The Bertz CT molecular complexity index is 1110. The van der Waals surface area contributed by atoms with Crippen LogP contribution >= 0.6 is 11.6 Å². The monoisotopic (exact) mass is 634 g/mol. The van der Waals surface area contributed by atoms with E-state index in [9.17, 15) is 24.0 Å². The predicted octanol–water partition coefficient (Wildman–Crippen LogP) is 3.95. The third kappa shape index (κ3) is 7.60. The van der Waals surface area contributed by atoms with Crippen LogP contribution in [-0.2, 0) is 23.9 Å². The molecule has 3 N–H and O–H groups in total. The Morgan fingerprint density at radius 3 is 2.39 bits per heavy atom. The number of carbonyl (C=O) groups excluding carboxylic acids is 5. The number of hydrogen-bond acceptors (Lipinski definition) is 6.